The molecule has 0 spiro atoms. The molecule has 0 aliphatic rings. The molecule has 4 nitrogen and oxygen atoms in total. The van der Waals surface area contributed by atoms with Crippen LogP contribution in [0.25, 0.3) is 15.8 Å². The minimum atomic E-state index is 0.364. The third-order valence-corrected chi connectivity index (χ3v) is 4.39. The number of benzene rings is 2. The lowest BCUT2D eigenvalue weighted by atomic mass is 10.1. The lowest BCUT2D eigenvalue weighted by Gasteiger charge is -2.02. The van der Waals surface area contributed by atoms with E-state index < -0.39 is 0 Å². The van der Waals surface area contributed by atoms with Crippen molar-refractivity contribution in [1.82, 2.24) is 0 Å². The Morgan fingerprint density at radius 3 is 2.57 bits per heavy atom. The van der Waals surface area contributed by atoms with E-state index in [0.29, 0.717) is 11.5 Å². The smallest absolute Gasteiger partial charge is 0.126 e. The molecule has 0 aliphatic carbocycles. The van der Waals surface area contributed by atoms with Gasteiger partial charge in [-0.2, -0.15) is 0 Å². The molecule has 4 N–H and O–H groups in total. The first-order chi connectivity index (χ1) is 11.2. The van der Waals surface area contributed by atoms with Crippen molar-refractivity contribution in [3.8, 4) is 5.75 Å². The van der Waals surface area contributed by atoms with E-state index in [1.807, 2.05) is 41.8 Å². The summed E-state index contributed by atoms with van der Waals surface area (Å²) in [5.41, 5.74) is 14.5. The largest absolute Gasteiger partial charge is 0.497 e. The van der Waals surface area contributed by atoms with Crippen LogP contribution in [0.15, 0.2) is 65.0 Å². The monoisotopic (exact) mass is 323 g/mol. The number of thiophene rings is 1. The molecule has 23 heavy (non-hydrogen) atoms. The fourth-order valence-corrected chi connectivity index (χ4v) is 3.25. The quantitative estimate of drug-likeness (QED) is 0.565. The number of hydrogen-bond donors (Lipinski definition) is 2. The molecule has 1 heterocycles. The zero-order valence-electron chi connectivity index (χ0n) is 12.7. The molecule has 0 radical (unpaired) electrons. The van der Waals surface area contributed by atoms with Gasteiger partial charge in [0, 0.05) is 32.8 Å². The second kappa shape index (κ2) is 6.54. The normalized spacial score (nSPS) is 12.6. The molecule has 1 aromatic heterocycles. The maximum atomic E-state index is 6.19. The van der Waals surface area contributed by atoms with Crippen molar-refractivity contribution in [2.24, 2.45) is 16.5 Å². The van der Waals surface area contributed by atoms with Crippen LogP contribution in [0.2, 0.25) is 0 Å². The van der Waals surface area contributed by atoms with Crippen molar-refractivity contribution in [3.63, 3.8) is 0 Å². The average molecular weight is 323 g/mol. The van der Waals surface area contributed by atoms with Gasteiger partial charge in [-0.25, -0.2) is 4.99 Å². The number of ether oxygens (including phenoxy) is 1. The fourth-order valence-electron chi connectivity index (χ4n) is 2.28. The SMILES string of the molecule is COc1ccc(N=C(N)/C=C(\N)c2csc3ccccc23)cc1. The standard InChI is InChI=1S/C18H17N3OS/c1-22-13-8-6-12(7-9-13)21-18(20)10-16(19)15-11-23-17-5-3-2-4-14(15)17/h2-11H,19H2,1H3,(H2,20,21)/b16-10-. The highest BCUT2D eigenvalue weighted by Gasteiger charge is 2.06. The van der Waals surface area contributed by atoms with Crippen LogP contribution in [-0.2, 0) is 0 Å². The molecule has 2 aromatic carbocycles. The van der Waals surface area contributed by atoms with E-state index in [2.05, 4.69) is 17.1 Å². The summed E-state index contributed by atoms with van der Waals surface area (Å²) in [6.45, 7) is 0. The minimum absolute atomic E-state index is 0.364. The molecule has 0 bridgehead atoms. The van der Waals surface area contributed by atoms with Crippen molar-refractivity contribution >= 4 is 38.6 Å². The molecule has 5 heteroatoms. The highest BCUT2D eigenvalue weighted by Crippen LogP contribution is 2.28. The number of methoxy groups -OCH3 is 1. The first-order valence-corrected chi connectivity index (χ1v) is 7.97. The van der Waals surface area contributed by atoms with Gasteiger partial charge in [0.25, 0.3) is 0 Å². The number of aliphatic imine (C=N–C) groups is 1. The average Bonchev–Trinajstić information content (AvgIpc) is 2.99. The molecule has 0 saturated heterocycles. The van der Waals surface area contributed by atoms with Crippen molar-refractivity contribution in [3.05, 3.63) is 65.6 Å². The maximum absolute atomic E-state index is 6.19. The van der Waals surface area contributed by atoms with Crippen LogP contribution in [0, 0.1) is 0 Å². The van der Waals surface area contributed by atoms with Crippen molar-refractivity contribution < 1.29 is 4.74 Å². The molecule has 116 valence electrons. The number of hydrogen-bond acceptors (Lipinski definition) is 4. The topological polar surface area (TPSA) is 73.6 Å². The van der Waals surface area contributed by atoms with Crippen LogP contribution in [0.1, 0.15) is 5.56 Å². The highest BCUT2D eigenvalue weighted by atomic mass is 32.1. The van der Waals surface area contributed by atoms with Crippen LogP contribution in [-0.4, -0.2) is 12.9 Å². The summed E-state index contributed by atoms with van der Waals surface area (Å²) >= 11 is 1.66. The third-order valence-electron chi connectivity index (χ3n) is 3.43. The molecule has 0 amide bonds. The number of nitrogens with two attached hydrogens (primary N) is 2. The van der Waals surface area contributed by atoms with E-state index in [9.17, 15) is 0 Å². The van der Waals surface area contributed by atoms with Crippen molar-refractivity contribution in [1.29, 1.82) is 0 Å². The highest BCUT2D eigenvalue weighted by molar-refractivity contribution is 7.17. The van der Waals surface area contributed by atoms with Gasteiger partial charge in [0.15, 0.2) is 0 Å². The Morgan fingerprint density at radius 2 is 1.83 bits per heavy atom. The number of amidine groups is 1. The van der Waals surface area contributed by atoms with Gasteiger partial charge in [-0.15, -0.1) is 11.3 Å². The Hall–Kier alpha value is -2.79. The predicted molar refractivity (Wildman–Crippen MR) is 98.3 cm³/mol. The van der Waals surface area contributed by atoms with Gasteiger partial charge < -0.3 is 16.2 Å². The molecule has 0 saturated carbocycles. The first kappa shape index (κ1) is 15.1. The van der Waals surface area contributed by atoms with Gasteiger partial charge in [-0.1, -0.05) is 18.2 Å². The Balaban J connectivity index is 1.88. The molecule has 0 unspecified atom stereocenters. The van der Waals surface area contributed by atoms with Gasteiger partial charge in [0.1, 0.15) is 11.6 Å². The van der Waals surface area contributed by atoms with Gasteiger partial charge in [0.05, 0.1) is 12.8 Å². The van der Waals surface area contributed by atoms with E-state index >= 15 is 0 Å². The van der Waals surface area contributed by atoms with Gasteiger partial charge in [0.2, 0.25) is 0 Å². The Bertz CT molecular complexity index is 879. The van der Waals surface area contributed by atoms with Crippen LogP contribution in [0.4, 0.5) is 5.69 Å². The molecular formula is C18H17N3OS. The summed E-state index contributed by atoms with van der Waals surface area (Å²) in [7, 11) is 1.63. The van der Waals surface area contributed by atoms with E-state index in [-0.39, 0.29) is 0 Å². The molecule has 3 rings (SSSR count). The first-order valence-electron chi connectivity index (χ1n) is 7.09. The summed E-state index contributed by atoms with van der Waals surface area (Å²) < 4.78 is 6.32. The number of rotatable bonds is 4. The van der Waals surface area contributed by atoms with Gasteiger partial charge >= 0.3 is 0 Å². The maximum Gasteiger partial charge on any atom is 0.126 e. The predicted octanol–water partition coefficient (Wildman–Crippen LogP) is 3.90. The van der Waals surface area contributed by atoms with Crippen molar-refractivity contribution in [2.45, 2.75) is 0 Å². The van der Waals surface area contributed by atoms with E-state index in [1.54, 1.807) is 24.5 Å². The van der Waals surface area contributed by atoms with Crippen LogP contribution in [0.3, 0.4) is 0 Å². The summed E-state index contributed by atoms with van der Waals surface area (Å²) in [5.74, 6) is 1.14. The number of nitrogens with zero attached hydrogens (tertiary/aromatic N) is 1. The van der Waals surface area contributed by atoms with Gasteiger partial charge in [-0.05, 0) is 30.3 Å². The Labute approximate surface area is 138 Å². The molecule has 3 aromatic rings. The van der Waals surface area contributed by atoms with Gasteiger partial charge in [-0.3, -0.25) is 0 Å². The molecule has 0 aliphatic heterocycles. The second-order valence-corrected chi connectivity index (χ2v) is 5.89. The third kappa shape index (κ3) is 3.35. The molecule has 0 fully saturated rings. The van der Waals surface area contributed by atoms with E-state index in [4.69, 9.17) is 16.2 Å². The summed E-state index contributed by atoms with van der Waals surface area (Å²) in [4.78, 5) is 4.35. The van der Waals surface area contributed by atoms with E-state index in [1.165, 1.54) is 4.70 Å². The number of fused-ring (bicyclic) bond motifs is 1. The summed E-state index contributed by atoms with van der Waals surface area (Å²) in [5, 5.41) is 3.17. The molecular weight excluding hydrogens is 306 g/mol. The van der Waals surface area contributed by atoms with Crippen LogP contribution in [0.5, 0.6) is 5.75 Å². The van der Waals surface area contributed by atoms with Crippen LogP contribution >= 0.6 is 11.3 Å². The minimum Gasteiger partial charge on any atom is -0.497 e. The zero-order chi connectivity index (χ0) is 16.2. The summed E-state index contributed by atoms with van der Waals surface area (Å²) in [6, 6.07) is 15.5. The Kier molecular flexibility index (Phi) is 4.30. The van der Waals surface area contributed by atoms with Crippen LogP contribution < -0.4 is 16.2 Å². The lowest BCUT2D eigenvalue weighted by molar-refractivity contribution is 0.415. The zero-order valence-corrected chi connectivity index (χ0v) is 13.5. The second-order valence-electron chi connectivity index (χ2n) is 4.98. The summed E-state index contributed by atoms with van der Waals surface area (Å²) in [6.07, 6.45) is 1.69. The molecule has 0 atom stereocenters. The Morgan fingerprint density at radius 1 is 1.09 bits per heavy atom. The van der Waals surface area contributed by atoms with E-state index in [0.717, 1.165) is 22.4 Å². The fraction of sp³-hybridized carbons (Fsp3) is 0.0556. The van der Waals surface area contributed by atoms with Crippen molar-refractivity contribution in [2.75, 3.05) is 7.11 Å². The lowest BCUT2D eigenvalue weighted by Crippen LogP contribution is -2.10.